The second kappa shape index (κ2) is 7.17. The van der Waals surface area contributed by atoms with E-state index < -0.39 is 5.91 Å². The molecule has 0 saturated carbocycles. The second-order valence-electron chi connectivity index (χ2n) is 6.07. The molecule has 5 nitrogen and oxygen atoms in total. The Labute approximate surface area is 142 Å². The van der Waals surface area contributed by atoms with Gasteiger partial charge in [-0.15, -0.1) is 0 Å². The van der Waals surface area contributed by atoms with Gasteiger partial charge < -0.3 is 16.4 Å². The molecule has 0 aliphatic carbocycles. The number of nitrogens with two attached hydrogens (primary N) is 1. The first kappa shape index (κ1) is 17.5. The summed E-state index contributed by atoms with van der Waals surface area (Å²) in [5.41, 5.74) is 10.4. The van der Waals surface area contributed by atoms with Gasteiger partial charge in [-0.25, -0.2) is 4.79 Å². The zero-order valence-corrected chi connectivity index (χ0v) is 14.4. The van der Waals surface area contributed by atoms with Crippen LogP contribution in [-0.4, -0.2) is 11.9 Å². The van der Waals surface area contributed by atoms with Gasteiger partial charge >= 0.3 is 6.03 Å². The fraction of sp³-hybridized carbons (Fsp3) is 0.263. The number of carbonyl (C=O) groups excluding carboxylic acids is 2. The summed E-state index contributed by atoms with van der Waals surface area (Å²) in [5.74, 6) is -0.480. The summed E-state index contributed by atoms with van der Waals surface area (Å²) >= 11 is 0. The van der Waals surface area contributed by atoms with Gasteiger partial charge in [-0.1, -0.05) is 23.8 Å². The van der Waals surface area contributed by atoms with E-state index in [1.165, 1.54) is 0 Å². The van der Waals surface area contributed by atoms with Crippen molar-refractivity contribution in [3.63, 3.8) is 0 Å². The minimum absolute atomic E-state index is 0.115. The highest BCUT2D eigenvalue weighted by Gasteiger charge is 2.13. The van der Waals surface area contributed by atoms with Gasteiger partial charge in [0, 0.05) is 11.3 Å². The van der Waals surface area contributed by atoms with Gasteiger partial charge in [-0.3, -0.25) is 4.79 Å². The van der Waals surface area contributed by atoms with Gasteiger partial charge in [-0.2, -0.15) is 0 Å². The van der Waals surface area contributed by atoms with Crippen molar-refractivity contribution in [2.75, 3.05) is 5.32 Å². The molecule has 0 aliphatic rings. The van der Waals surface area contributed by atoms with Crippen LogP contribution < -0.4 is 16.4 Å². The zero-order chi connectivity index (χ0) is 17.9. The molecular weight excluding hydrogens is 302 g/mol. The zero-order valence-electron chi connectivity index (χ0n) is 14.4. The van der Waals surface area contributed by atoms with E-state index in [0.717, 1.165) is 22.3 Å². The molecule has 2 aromatic rings. The van der Waals surface area contributed by atoms with Crippen LogP contribution in [0.25, 0.3) is 0 Å². The Hall–Kier alpha value is -2.82. The minimum atomic E-state index is -0.480. The summed E-state index contributed by atoms with van der Waals surface area (Å²) in [6.45, 7) is 7.78. The molecule has 0 spiro atoms. The SMILES string of the molecule is Cc1ccc(C)c(C(C)NC(=O)Nc2ccc(C(N)=O)c(C)c2)c1. The fourth-order valence-corrected chi connectivity index (χ4v) is 2.69. The van der Waals surface area contributed by atoms with Crippen molar-refractivity contribution in [1.29, 1.82) is 0 Å². The minimum Gasteiger partial charge on any atom is -0.366 e. The fourth-order valence-electron chi connectivity index (χ4n) is 2.69. The monoisotopic (exact) mass is 325 g/mol. The van der Waals surface area contributed by atoms with E-state index in [1.807, 2.05) is 26.8 Å². The average Bonchev–Trinajstić information content (AvgIpc) is 2.49. The maximum Gasteiger partial charge on any atom is 0.319 e. The number of hydrogen-bond acceptors (Lipinski definition) is 2. The highest BCUT2D eigenvalue weighted by molar-refractivity contribution is 5.96. The molecule has 0 saturated heterocycles. The molecule has 1 atom stereocenters. The van der Waals surface area contributed by atoms with Crippen molar-refractivity contribution in [2.45, 2.75) is 33.7 Å². The summed E-state index contributed by atoms with van der Waals surface area (Å²) in [7, 11) is 0. The van der Waals surface area contributed by atoms with Gasteiger partial charge in [0.2, 0.25) is 5.91 Å². The predicted octanol–water partition coefficient (Wildman–Crippen LogP) is 3.59. The normalized spacial score (nSPS) is 11.7. The quantitative estimate of drug-likeness (QED) is 0.802. The van der Waals surface area contributed by atoms with Crippen molar-refractivity contribution < 1.29 is 9.59 Å². The van der Waals surface area contributed by atoms with Crippen LogP contribution in [0, 0.1) is 20.8 Å². The maximum absolute atomic E-state index is 12.2. The summed E-state index contributed by atoms with van der Waals surface area (Å²) in [4.78, 5) is 23.4. The van der Waals surface area contributed by atoms with Crippen LogP contribution in [0.5, 0.6) is 0 Å². The third kappa shape index (κ3) is 4.13. The van der Waals surface area contributed by atoms with Crippen molar-refractivity contribution in [1.82, 2.24) is 5.32 Å². The van der Waals surface area contributed by atoms with E-state index in [4.69, 9.17) is 5.73 Å². The number of primary amides is 1. The molecule has 0 radical (unpaired) electrons. The molecule has 0 aromatic heterocycles. The number of anilines is 1. The first-order chi connectivity index (χ1) is 11.3. The van der Waals surface area contributed by atoms with Crippen LogP contribution >= 0.6 is 0 Å². The molecule has 2 aromatic carbocycles. The lowest BCUT2D eigenvalue weighted by atomic mass is 10.0. The van der Waals surface area contributed by atoms with Crippen LogP contribution in [0.4, 0.5) is 10.5 Å². The number of nitrogens with one attached hydrogen (secondary N) is 2. The van der Waals surface area contributed by atoms with Gasteiger partial charge in [0.25, 0.3) is 0 Å². The number of benzene rings is 2. The highest BCUT2D eigenvalue weighted by atomic mass is 16.2. The largest absolute Gasteiger partial charge is 0.366 e. The highest BCUT2D eigenvalue weighted by Crippen LogP contribution is 2.19. The van der Waals surface area contributed by atoms with E-state index in [-0.39, 0.29) is 12.1 Å². The lowest BCUT2D eigenvalue weighted by Crippen LogP contribution is -2.31. The molecule has 3 amide bonds. The molecular formula is C19H23N3O2. The lowest BCUT2D eigenvalue weighted by Gasteiger charge is -2.18. The first-order valence-electron chi connectivity index (χ1n) is 7.83. The average molecular weight is 325 g/mol. The standard InChI is InChI=1S/C19H23N3O2/c1-11-5-6-12(2)17(9-11)14(4)21-19(24)22-15-7-8-16(18(20)23)13(3)10-15/h5-10,14H,1-4H3,(H2,20,23)(H2,21,22,24). The van der Waals surface area contributed by atoms with Crippen LogP contribution in [0.15, 0.2) is 36.4 Å². The van der Waals surface area contributed by atoms with Crippen molar-refractivity contribution in [2.24, 2.45) is 5.73 Å². The summed E-state index contributed by atoms with van der Waals surface area (Å²) in [6.07, 6.45) is 0. The Balaban J connectivity index is 2.06. The van der Waals surface area contributed by atoms with E-state index in [0.29, 0.717) is 11.3 Å². The number of carbonyl (C=O) groups is 2. The van der Waals surface area contributed by atoms with Crippen LogP contribution in [0.1, 0.15) is 45.6 Å². The summed E-state index contributed by atoms with van der Waals surface area (Å²) in [5, 5.41) is 5.71. The third-order valence-electron chi connectivity index (χ3n) is 4.00. The van der Waals surface area contributed by atoms with Crippen LogP contribution in [0.3, 0.4) is 0 Å². The molecule has 4 N–H and O–H groups in total. The number of amides is 3. The van der Waals surface area contributed by atoms with Gasteiger partial charge in [0.05, 0.1) is 6.04 Å². The molecule has 2 rings (SSSR count). The Morgan fingerprint density at radius 2 is 1.71 bits per heavy atom. The number of aryl methyl sites for hydroxylation is 3. The number of urea groups is 1. The van der Waals surface area contributed by atoms with E-state index in [9.17, 15) is 9.59 Å². The molecule has 0 bridgehead atoms. The summed E-state index contributed by atoms with van der Waals surface area (Å²) < 4.78 is 0. The van der Waals surface area contributed by atoms with Crippen molar-refractivity contribution in [3.8, 4) is 0 Å². The number of rotatable bonds is 4. The first-order valence-corrected chi connectivity index (χ1v) is 7.83. The lowest BCUT2D eigenvalue weighted by molar-refractivity contribution is 0.0999. The molecule has 24 heavy (non-hydrogen) atoms. The molecule has 1 unspecified atom stereocenters. The second-order valence-corrected chi connectivity index (χ2v) is 6.07. The molecule has 0 heterocycles. The topological polar surface area (TPSA) is 84.2 Å². The maximum atomic E-state index is 12.2. The van der Waals surface area contributed by atoms with Crippen LogP contribution in [-0.2, 0) is 0 Å². The van der Waals surface area contributed by atoms with Crippen molar-refractivity contribution >= 4 is 17.6 Å². The molecule has 0 fully saturated rings. The van der Waals surface area contributed by atoms with E-state index >= 15 is 0 Å². The van der Waals surface area contributed by atoms with Crippen LogP contribution in [0.2, 0.25) is 0 Å². The Bertz CT molecular complexity index is 784. The smallest absolute Gasteiger partial charge is 0.319 e. The predicted molar refractivity (Wildman–Crippen MR) is 96.2 cm³/mol. The summed E-state index contributed by atoms with van der Waals surface area (Å²) in [6, 6.07) is 10.8. The van der Waals surface area contributed by atoms with Crippen molar-refractivity contribution in [3.05, 3.63) is 64.2 Å². The Kier molecular flexibility index (Phi) is 5.24. The van der Waals surface area contributed by atoms with Gasteiger partial charge in [0.1, 0.15) is 0 Å². The van der Waals surface area contributed by atoms with E-state index in [1.54, 1.807) is 25.1 Å². The number of hydrogen-bond donors (Lipinski definition) is 3. The Morgan fingerprint density at radius 3 is 2.33 bits per heavy atom. The molecule has 0 aliphatic heterocycles. The van der Waals surface area contributed by atoms with E-state index in [2.05, 4.69) is 22.8 Å². The third-order valence-corrected chi connectivity index (χ3v) is 4.00. The van der Waals surface area contributed by atoms with Gasteiger partial charge in [0.15, 0.2) is 0 Å². The van der Waals surface area contributed by atoms with Gasteiger partial charge in [-0.05, 0) is 62.6 Å². The molecule has 126 valence electrons. The Morgan fingerprint density at radius 1 is 1.00 bits per heavy atom. The molecule has 5 heteroatoms.